The lowest BCUT2D eigenvalue weighted by Gasteiger charge is -2.30. The van der Waals surface area contributed by atoms with Crippen LogP contribution in [0.25, 0.3) is 0 Å². The van der Waals surface area contributed by atoms with Gasteiger partial charge < -0.3 is 5.32 Å². The molecule has 0 aliphatic carbocycles. The number of amides is 3. The maximum absolute atomic E-state index is 13.6. The molecule has 0 unspecified atom stereocenters. The smallest absolute Gasteiger partial charge is 0.271 e. The number of piperidine rings is 1. The van der Waals surface area contributed by atoms with Crippen molar-refractivity contribution in [2.45, 2.75) is 19.3 Å². The van der Waals surface area contributed by atoms with Gasteiger partial charge in [-0.25, -0.2) is 4.39 Å². The predicted octanol–water partition coefficient (Wildman–Crippen LogP) is 2.31. The number of hydrogen-bond donors (Lipinski definition) is 3. The summed E-state index contributed by atoms with van der Waals surface area (Å²) in [5.74, 6) is -1.28. The Labute approximate surface area is 191 Å². The quantitative estimate of drug-likeness (QED) is 0.553. The number of halogens is 2. The topological polar surface area (TPSA) is 90.5 Å². The SMILES string of the molecule is O=C(CN1CCC(C(=O)NCCc2ccccc2F)CC1)NNC(=O)c1ccccc1Cl. The molecule has 0 saturated carbocycles. The number of nitrogens with zero attached hydrogens (tertiary/aromatic N) is 1. The predicted molar refractivity (Wildman–Crippen MR) is 119 cm³/mol. The van der Waals surface area contributed by atoms with Gasteiger partial charge in [0.25, 0.3) is 11.8 Å². The van der Waals surface area contributed by atoms with Crippen molar-refractivity contribution in [3.63, 3.8) is 0 Å². The zero-order valence-electron chi connectivity index (χ0n) is 17.6. The number of hydrazine groups is 1. The van der Waals surface area contributed by atoms with Gasteiger partial charge in [-0.1, -0.05) is 41.9 Å². The van der Waals surface area contributed by atoms with Crippen molar-refractivity contribution in [3.05, 3.63) is 70.5 Å². The van der Waals surface area contributed by atoms with Gasteiger partial charge in [0.2, 0.25) is 5.91 Å². The monoisotopic (exact) mass is 460 g/mol. The molecule has 170 valence electrons. The second-order valence-corrected chi connectivity index (χ2v) is 8.07. The maximum atomic E-state index is 13.6. The molecule has 9 heteroatoms. The molecule has 1 heterocycles. The molecular weight excluding hydrogens is 435 g/mol. The molecular formula is C23H26ClFN4O3. The van der Waals surface area contributed by atoms with E-state index in [1.54, 1.807) is 42.5 Å². The molecule has 1 fully saturated rings. The largest absolute Gasteiger partial charge is 0.356 e. The highest BCUT2D eigenvalue weighted by molar-refractivity contribution is 6.33. The minimum atomic E-state index is -0.491. The van der Waals surface area contributed by atoms with E-state index in [4.69, 9.17) is 11.6 Å². The molecule has 0 aromatic heterocycles. The molecule has 1 aliphatic rings. The lowest BCUT2D eigenvalue weighted by atomic mass is 9.96. The summed E-state index contributed by atoms with van der Waals surface area (Å²) in [5, 5.41) is 3.17. The summed E-state index contributed by atoms with van der Waals surface area (Å²) in [5.41, 5.74) is 5.60. The molecule has 1 aliphatic heterocycles. The molecule has 0 radical (unpaired) electrons. The summed E-state index contributed by atoms with van der Waals surface area (Å²) in [6.07, 6.45) is 1.70. The summed E-state index contributed by atoms with van der Waals surface area (Å²) >= 11 is 5.97. The van der Waals surface area contributed by atoms with Gasteiger partial charge in [0.05, 0.1) is 17.1 Å². The van der Waals surface area contributed by atoms with E-state index in [1.807, 2.05) is 4.90 Å². The first-order chi connectivity index (χ1) is 15.4. The molecule has 3 rings (SSSR count). The Bertz CT molecular complexity index is 964. The van der Waals surface area contributed by atoms with Crippen LogP contribution in [0.3, 0.4) is 0 Å². The summed E-state index contributed by atoms with van der Waals surface area (Å²) < 4.78 is 13.6. The number of carbonyl (C=O) groups excluding carboxylic acids is 3. The highest BCUT2D eigenvalue weighted by atomic mass is 35.5. The number of carbonyl (C=O) groups is 3. The maximum Gasteiger partial charge on any atom is 0.271 e. The van der Waals surface area contributed by atoms with E-state index in [0.717, 1.165) is 0 Å². The highest BCUT2D eigenvalue weighted by Crippen LogP contribution is 2.17. The number of likely N-dealkylation sites (tertiary alicyclic amines) is 1. The average Bonchev–Trinajstić information content (AvgIpc) is 2.79. The highest BCUT2D eigenvalue weighted by Gasteiger charge is 2.25. The van der Waals surface area contributed by atoms with Crippen molar-refractivity contribution in [2.75, 3.05) is 26.2 Å². The number of hydrogen-bond acceptors (Lipinski definition) is 4. The van der Waals surface area contributed by atoms with Gasteiger partial charge in [-0.05, 0) is 56.1 Å². The molecule has 0 bridgehead atoms. The lowest BCUT2D eigenvalue weighted by molar-refractivity contribution is -0.127. The van der Waals surface area contributed by atoms with Crippen LogP contribution < -0.4 is 16.2 Å². The standard InChI is InChI=1S/C23H26ClFN4O3/c24-19-7-3-2-6-18(19)23(32)28-27-21(30)15-29-13-10-17(11-14-29)22(31)26-12-9-16-5-1-4-8-20(16)25/h1-8,17H,9-15H2,(H,26,31)(H,27,30)(H,28,32). The normalized spacial score (nSPS) is 14.6. The van der Waals surface area contributed by atoms with Crippen LogP contribution >= 0.6 is 11.6 Å². The van der Waals surface area contributed by atoms with Crippen LogP contribution in [0.15, 0.2) is 48.5 Å². The Balaban J connectivity index is 1.34. The van der Waals surface area contributed by atoms with Crippen LogP contribution in [0.1, 0.15) is 28.8 Å². The van der Waals surface area contributed by atoms with E-state index in [1.165, 1.54) is 6.07 Å². The fourth-order valence-electron chi connectivity index (χ4n) is 3.60. The van der Waals surface area contributed by atoms with Crippen molar-refractivity contribution in [1.29, 1.82) is 0 Å². The fourth-order valence-corrected chi connectivity index (χ4v) is 3.82. The Morgan fingerprint density at radius 1 is 1.00 bits per heavy atom. The molecule has 3 amide bonds. The average molecular weight is 461 g/mol. The second kappa shape index (κ2) is 11.6. The third-order valence-corrected chi connectivity index (χ3v) is 5.74. The van der Waals surface area contributed by atoms with Gasteiger partial charge in [0.1, 0.15) is 5.82 Å². The van der Waals surface area contributed by atoms with Gasteiger partial charge in [0, 0.05) is 12.5 Å². The molecule has 2 aromatic rings. The fraction of sp³-hybridized carbons (Fsp3) is 0.348. The Kier molecular flexibility index (Phi) is 8.58. The summed E-state index contributed by atoms with van der Waals surface area (Å²) in [7, 11) is 0. The first kappa shape index (κ1) is 23.7. The minimum Gasteiger partial charge on any atom is -0.356 e. The van der Waals surface area contributed by atoms with Gasteiger partial charge in [-0.2, -0.15) is 0 Å². The van der Waals surface area contributed by atoms with Crippen LogP contribution in [0.2, 0.25) is 5.02 Å². The van der Waals surface area contributed by atoms with Crippen molar-refractivity contribution in [2.24, 2.45) is 5.92 Å². The van der Waals surface area contributed by atoms with E-state index < -0.39 is 5.91 Å². The lowest BCUT2D eigenvalue weighted by Crippen LogP contribution is -2.48. The van der Waals surface area contributed by atoms with Crippen molar-refractivity contribution >= 4 is 29.3 Å². The van der Waals surface area contributed by atoms with E-state index in [9.17, 15) is 18.8 Å². The van der Waals surface area contributed by atoms with Crippen LogP contribution in [-0.4, -0.2) is 48.8 Å². The summed E-state index contributed by atoms with van der Waals surface area (Å²) in [6.45, 7) is 1.69. The van der Waals surface area contributed by atoms with Crippen LogP contribution in [0.4, 0.5) is 4.39 Å². The van der Waals surface area contributed by atoms with Gasteiger partial charge in [-0.3, -0.25) is 30.1 Å². The van der Waals surface area contributed by atoms with Gasteiger partial charge in [0.15, 0.2) is 0 Å². The van der Waals surface area contributed by atoms with Crippen LogP contribution in [0, 0.1) is 11.7 Å². The first-order valence-corrected chi connectivity index (χ1v) is 10.9. The minimum absolute atomic E-state index is 0.0440. The van der Waals surface area contributed by atoms with Crippen molar-refractivity contribution in [3.8, 4) is 0 Å². The van der Waals surface area contributed by atoms with Crippen LogP contribution in [-0.2, 0) is 16.0 Å². The number of nitrogens with one attached hydrogen (secondary N) is 3. The second-order valence-electron chi connectivity index (χ2n) is 7.67. The first-order valence-electron chi connectivity index (χ1n) is 10.5. The Morgan fingerprint density at radius 2 is 1.69 bits per heavy atom. The molecule has 32 heavy (non-hydrogen) atoms. The molecule has 3 N–H and O–H groups in total. The molecule has 0 atom stereocenters. The van der Waals surface area contributed by atoms with Gasteiger partial charge in [-0.15, -0.1) is 0 Å². The summed E-state index contributed by atoms with van der Waals surface area (Å²) in [4.78, 5) is 38.5. The Hall–Kier alpha value is -2.97. The van der Waals surface area contributed by atoms with E-state index >= 15 is 0 Å². The van der Waals surface area contributed by atoms with Gasteiger partial charge >= 0.3 is 0 Å². The van der Waals surface area contributed by atoms with E-state index in [2.05, 4.69) is 16.2 Å². The number of benzene rings is 2. The third kappa shape index (κ3) is 6.77. The van der Waals surface area contributed by atoms with E-state index in [0.29, 0.717) is 49.5 Å². The molecule has 2 aromatic carbocycles. The summed E-state index contributed by atoms with van der Waals surface area (Å²) in [6, 6.07) is 13.1. The molecule has 0 spiro atoms. The third-order valence-electron chi connectivity index (χ3n) is 5.41. The van der Waals surface area contributed by atoms with Crippen molar-refractivity contribution in [1.82, 2.24) is 21.1 Å². The molecule has 1 saturated heterocycles. The van der Waals surface area contributed by atoms with Crippen molar-refractivity contribution < 1.29 is 18.8 Å². The molecule has 7 nitrogen and oxygen atoms in total. The number of rotatable bonds is 7. The Morgan fingerprint density at radius 3 is 2.41 bits per heavy atom. The van der Waals surface area contributed by atoms with Crippen LogP contribution in [0.5, 0.6) is 0 Å². The zero-order chi connectivity index (χ0) is 22.9. The van der Waals surface area contributed by atoms with E-state index in [-0.39, 0.29) is 35.7 Å². The zero-order valence-corrected chi connectivity index (χ0v) is 18.3.